The Labute approximate surface area is 112 Å². The summed E-state index contributed by atoms with van der Waals surface area (Å²) < 4.78 is 0. The summed E-state index contributed by atoms with van der Waals surface area (Å²) in [6.07, 6.45) is 4.16. The number of hydrogen-bond donors (Lipinski definition) is 0. The summed E-state index contributed by atoms with van der Waals surface area (Å²) in [5.41, 5.74) is 3.37. The van der Waals surface area contributed by atoms with Crippen LogP contribution in [0.1, 0.15) is 5.56 Å². The van der Waals surface area contributed by atoms with Crippen LogP contribution >= 0.6 is 0 Å². The molecule has 1 aromatic heterocycles. The fraction of sp³-hybridized carbons (Fsp3) is 0.0588. The summed E-state index contributed by atoms with van der Waals surface area (Å²) in [4.78, 5) is 4.20. The van der Waals surface area contributed by atoms with Crippen LogP contribution in [0.3, 0.4) is 0 Å². The molecule has 0 atom stereocenters. The molecule has 0 radical (unpaired) electrons. The van der Waals surface area contributed by atoms with E-state index < -0.39 is 0 Å². The third-order valence-electron chi connectivity index (χ3n) is 3.23. The molecule has 0 saturated carbocycles. The van der Waals surface area contributed by atoms with E-state index in [1.165, 1.54) is 10.9 Å². The van der Waals surface area contributed by atoms with Gasteiger partial charge in [-0.05, 0) is 28.1 Å². The van der Waals surface area contributed by atoms with E-state index in [0.717, 1.165) is 16.5 Å². The van der Waals surface area contributed by atoms with E-state index in [1.807, 2.05) is 30.6 Å². The van der Waals surface area contributed by atoms with E-state index in [-0.39, 0.29) is 0 Å². The molecule has 0 aliphatic rings. The minimum absolute atomic E-state index is 0.456. The van der Waals surface area contributed by atoms with Crippen molar-refractivity contribution in [2.75, 3.05) is 0 Å². The Morgan fingerprint density at radius 3 is 2.63 bits per heavy atom. The van der Waals surface area contributed by atoms with E-state index >= 15 is 0 Å². The number of benzene rings is 2. The van der Waals surface area contributed by atoms with E-state index in [2.05, 4.69) is 41.4 Å². The van der Waals surface area contributed by atoms with Gasteiger partial charge in [-0.1, -0.05) is 42.5 Å². The molecule has 0 amide bonds. The summed E-state index contributed by atoms with van der Waals surface area (Å²) >= 11 is 0. The summed E-state index contributed by atoms with van der Waals surface area (Å²) in [5, 5.41) is 11.0. The number of rotatable bonds is 2. The molecular weight excluding hydrogens is 232 g/mol. The molecule has 90 valence electrons. The van der Waals surface area contributed by atoms with Crippen molar-refractivity contribution in [2.24, 2.45) is 0 Å². The molecule has 3 rings (SSSR count). The molecular formula is C17H12N2. The number of hydrogen-bond acceptors (Lipinski definition) is 2. The second kappa shape index (κ2) is 4.91. The molecule has 2 aromatic carbocycles. The quantitative estimate of drug-likeness (QED) is 0.684. The smallest absolute Gasteiger partial charge is 0.0669 e. The first-order valence-corrected chi connectivity index (χ1v) is 6.17. The Morgan fingerprint density at radius 1 is 1.00 bits per heavy atom. The molecule has 0 aliphatic heterocycles. The average Bonchev–Trinajstić information content (AvgIpc) is 2.48. The Balaban J connectivity index is 2.11. The Kier molecular flexibility index (Phi) is 2.96. The van der Waals surface area contributed by atoms with Gasteiger partial charge in [-0.25, -0.2) is 0 Å². The van der Waals surface area contributed by atoms with Gasteiger partial charge in [-0.15, -0.1) is 0 Å². The summed E-state index contributed by atoms with van der Waals surface area (Å²) in [6, 6.07) is 18.6. The molecule has 3 aromatic rings. The first kappa shape index (κ1) is 11.4. The molecule has 1 heterocycles. The highest BCUT2D eigenvalue weighted by atomic mass is 14.6. The second-order valence-corrected chi connectivity index (χ2v) is 4.43. The average molecular weight is 244 g/mol. The van der Waals surface area contributed by atoms with Crippen molar-refractivity contribution in [1.29, 1.82) is 5.26 Å². The lowest BCUT2D eigenvalue weighted by Crippen LogP contribution is -1.85. The van der Waals surface area contributed by atoms with Gasteiger partial charge < -0.3 is 0 Å². The molecule has 19 heavy (non-hydrogen) atoms. The van der Waals surface area contributed by atoms with Crippen LogP contribution in [-0.2, 0) is 6.42 Å². The fourth-order valence-electron chi connectivity index (χ4n) is 2.26. The standard InChI is InChI=1S/C17H12N2/c18-10-8-13-4-6-15(7-5-13)16-3-1-2-14-9-11-19-12-17(14)16/h1-7,9,11-12H,8H2. The van der Waals surface area contributed by atoms with Crippen molar-refractivity contribution in [2.45, 2.75) is 6.42 Å². The number of nitriles is 1. The topological polar surface area (TPSA) is 36.7 Å². The van der Waals surface area contributed by atoms with Crippen LogP contribution in [0.4, 0.5) is 0 Å². The van der Waals surface area contributed by atoms with Crippen molar-refractivity contribution < 1.29 is 0 Å². The van der Waals surface area contributed by atoms with Crippen molar-refractivity contribution >= 4 is 10.8 Å². The summed E-state index contributed by atoms with van der Waals surface area (Å²) in [6.45, 7) is 0. The van der Waals surface area contributed by atoms with Crippen LogP contribution in [0.25, 0.3) is 21.9 Å². The normalized spacial score (nSPS) is 10.3. The van der Waals surface area contributed by atoms with Gasteiger partial charge in [0.25, 0.3) is 0 Å². The minimum Gasteiger partial charge on any atom is -0.264 e. The molecule has 2 nitrogen and oxygen atoms in total. The number of fused-ring (bicyclic) bond motifs is 1. The highest BCUT2D eigenvalue weighted by molar-refractivity contribution is 5.95. The largest absolute Gasteiger partial charge is 0.264 e. The maximum absolute atomic E-state index is 8.69. The Morgan fingerprint density at radius 2 is 1.84 bits per heavy atom. The van der Waals surface area contributed by atoms with Crippen LogP contribution < -0.4 is 0 Å². The molecule has 0 saturated heterocycles. The van der Waals surface area contributed by atoms with E-state index in [4.69, 9.17) is 5.26 Å². The van der Waals surface area contributed by atoms with Gasteiger partial charge in [0.05, 0.1) is 12.5 Å². The third kappa shape index (κ3) is 2.19. The predicted molar refractivity (Wildman–Crippen MR) is 76.5 cm³/mol. The Hall–Kier alpha value is -2.66. The van der Waals surface area contributed by atoms with Gasteiger partial charge in [0.2, 0.25) is 0 Å². The van der Waals surface area contributed by atoms with Crippen LogP contribution in [0.2, 0.25) is 0 Å². The number of pyridine rings is 1. The lowest BCUT2D eigenvalue weighted by atomic mass is 9.98. The third-order valence-corrected chi connectivity index (χ3v) is 3.23. The lowest BCUT2D eigenvalue weighted by Gasteiger charge is -2.06. The van der Waals surface area contributed by atoms with Gasteiger partial charge in [0.1, 0.15) is 0 Å². The molecule has 0 spiro atoms. The van der Waals surface area contributed by atoms with Crippen molar-refractivity contribution in [3.05, 3.63) is 66.5 Å². The van der Waals surface area contributed by atoms with Gasteiger partial charge in [0, 0.05) is 17.8 Å². The highest BCUT2D eigenvalue weighted by Crippen LogP contribution is 2.28. The van der Waals surface area contributed by atoms with Crippen LogP contribution in [0.15, 0.2) is 60.9 Å². The second-order valence-electron chi connectivity index (χ2n) is 4.43. The van der Waals surface area contributed by atoms with Crippen molar-refractivity contribution in [3.63, 3.8) is 0 Å². The molecule has 0 unspecified atom stereocenters. The predicted octanol–water partition coefficient (Wildman–Crippen LogP) is 3.97. The zero-order valence-corrected chi connectivity index (χ0v) is 10.4. The highest BCUT2D eigenvalue weighted by Gasteiger charge is 2.03. The SMILES string of the molecule is N#CCc1ccc(-c2cccc3ccncc23)cc1. The molecule has 0 bridgehead atoms. The fourth-order valence-corrected chi connectivity index (χ4v) is 2.26. The number of aromatic nitrogens is 1. The first-order chi connectivity index (χ1) is 9.38. The van der Waals surface area contributed by atoms with Crippen LogP contribution in [0, 0.1) is 11.3 Å². The Bertz CT molecular complexity index is 747. The lowest BCUT2D eigenvalue weighted by molar-refractivity contribution is 1.26. The summed E-state index contributed by atoms with van der Waals surface area (Å²) in [7, 11) is 0. The molecule has 2 heteroatoms. The van der Waals surface area contributed by atoms with E-state index in [9.17, 15) is 0 Å². The van der Waals surface area contributed by atoms with Gasteiger partial charge in [-0.2, -0.15) is 5.26 Å². The zero-order valence-electron chi connectivity index (χ0n) is 10.4. The molecule has 0 aliphatic carbocycles. The molecule has 0 fully saturated rings. The molecule has 0 N–H and O–H groups in total. The van der Waals surface area contributed by atoms with Crippen LogP contribution in [0.5, 0.6) is 0 Å². The van der Waals surface area contributed by atoms with E-state index in [0.29, 0.717) is 6.42 Å². The minimum atomic E-state index is 0.456. The van der Waals surface area contributed by atoms with Gasteiger partial charge >= 0.3 is 0 Å². The van der Waals surface area contributed by atoms with Gasteiger partial charge in [0.15, 0.2) is 0 Å². The van der Waals surface area contributed by atoms with Gasteiger partial charge in [-0.3, -0.25) is 4.98 Å². The zero-order chi connectivity index (χ0) is 13.1. The maximum Gasteiger partial charge on any atom is 0.0669 e. The summed E-state index contributed by atoms with van der Waals surface area (Å²) in [5.74, 6) is 0. The number of nitrogens with zero attached hydrogens (tertiary/aromatic N) is 2. The van der Waals surface area contributed by atoms with Crippen LogP contribution in [-0.4, -0.2) is 4.98 Å². The maximum atomic E-state index is 8.69. The van der Waals surface area contributed by atoms with Crippen molar-refractivity contribution in [3.8, 4) is 17.2 Å². The van der Waals surface area contributed by atoms with Crippen molar-refractivity contribution in [1.82, 2.24) is 4.98 Å². The first-order valence-electron chi connectivity index (χ1n) is 6.17. The monoisotopic (exact) mass is 244 g/mol. The van der Waals surface area contributed by atoms with E-state index in [1.54, 1.807) is 0 Å².